The van der Waals surface area contributed by atoms with Gasteiger partial charge in [-0.1, -0.05) is 12.1 Å². The van der Waals surface area contributed by atoms with Crippen LogP contribution in [0.2, 0.25) is 0 Å². The summed E-state index contributed by atoms with van der Waals surface area (Å²) in [5.74, 6) is 0. The van der Waals surface area contributed by atoms with Crippen LogP contribution in [0.4, 0.5) is 0 Å². The third kappa shape index (κ3) is 3.25. The number of likely N-dealkylation sites (N-methyl/N-ethyl adjacent to an activating group) is 1. The van der Waals surface area contributed by atoms with Crippen molar-refractivity contribution in [2.24, 2.45) is 14.1 Å². The van der Waals surface area contributed by atoms with Crippen LogP contribution < -0.4 is 5.32 Å². The topological polar surface area (TPSA) is 60.6 Å². The van der Waals surface area contributed by atoms with Gasteiger partial charge in [0.2, 0.25) is 0 Å². The third-order valence-electron chi connectivity index (χ3n) is 3.71. The van der Waals surface area contributed by atoms with Crippen molar-refractivity contribution in [1.29, 1.82) is 0 Å². The van der Waals surface area contributed by atoms with E-state index < -0.39 is 0 Å². The van der Waals surface area contributed by atoms with Gasteiger partial charge in [-0.2, -0.15) is 5.10 Å². The smallest absolute Gasteiger partial charge is 0.0842 e. The largest absolute Gasteiger partial charge is 0.314 e. The maximum atomic E-state index is 4.49. The van der Waals surface area contributed by atoms with Gasteiger partial charge in [0.1, 0.15) is 0 Å². The molecular weight excluding hydrogens is 252 g/mol. The lowest BCUT2D eigenvalue weighted by atomic mass is 10.0. The van der Waals surface area contributed by atoms with Crippen molar-refractivity contribution in [3.8, 4) is 0 Å². The zero-order valence-corrected chi connectivity index (χ0v) is 13.0. The molecule has 110 valence electrons. The van der Waals surface area contributed by atoms with E-state index in [-0.39, 0.29) is 0 Å². The fourth-order valence-electron chi connectivity index (χ4n) is 2.61. The SMILES string of the molecule is CCNC(Cc1cn(C)nn1)Cc1c(C)nn(C)c1C. The van der Waals surface area contributed by atoms with Gasteiger partial charge in [-0.25, -0.2) is 0 Å². The summed E-state index contributed by atoms with van der Waals surface area (Å²) in [6.07, 6.45) is 3.83. The molecule has 6 heteroatoms. The molecule has 2 rings (SSSR count). The molecule has 1 N–H and O–H groups in total. The lowest BCUT2D eigenvalue weighted by molar-refractivity contribution is 0.514. The number of aromatic nitrogens is 5. The Balaban J connectivity index is 2.12. The van der Waals surface area contributed by atoms with Crippen LogP contribution in [-0.2, 0) is 26.9 Å². The van der Waals surface area contributed by atoms with Crippen molar-refractivity contribution in [3.05, 3.63) is 28.8 Å². The van der Waals surface area contributed by atoms with E-state index in [2.05, 4.69) is 41.5 Å². The van der Waals surface area contributed by atoms with Crippen LogP contribution in [0.1, 0.15) is 29.6 Å². The molecular formula is C14H24N6. The first-order chi connectivity index (χ1) is 9.51. The number of rotatable bonds is 6. The average Bonchev–Trinajstić information content (AvgIpc) is 2.89. The minimum absolute atomic E-state index is 0.360. The molecule has 2 aromatic heterocycles. The predicted molar refractivity (Wildman–Crippen MR) is 78.6 cm³/mol. The maximum Gasteiger partial charge on any atom is 0.0842 e. The van der Waals surface area contributed by atoms with Crippen molar-refractivity contribution in [2.75, 3.05) is 6.54 Å². The van der Waals surface area contributed by atoms with E-state index in [9.17, 15) is 0 Å². The van der Waals surface area contributed by atoms with Gasteiger partial charge in [0.25, 0.3) is 0 Å². The third-order valence-corrected chi connectivity index (χ3v) is 3.71. The Morgan fingerprint density at radius 1 is 1.25 bits per heavy atom. The highest BCUT2D eigenvalue weighted by molar-refractivity contribution is 5.25. The average molecular weight is 276 g/mol. The van der Waals surface area contributed by atoms with Crippen molar-refractivity contribution in [3.63, 3.8) is 0 Å². The van der Waals surface area contributed by atoms with E-state index in [0.717, 1.165) is 30.8 Å². The number of hydrogen-bond donors (Lipinski definition) is 1. The molecule has 6 nitrogen and oxygen atoms in total. The summed E-state index contributed by atoms with van der Waals surface area (Å²) in [7, 11) is 3.89. The lowest BCUT2D eigenvalue weighted by Crippen LogP contribution is -2.33. The lowest BCUT2D eigenvalue weighted by Gasteiger charge is -2.17. The Labute approximate surface area is 120 Å². The van der Waals surface area contributed by atoms with E-state index in [0.29, 0.717) is 6.04 Å². The fraction of sp³-hybridized carbons (Fsp3) is 0.643. The Bertz CT molecular complexity index is 568. The van der Waals surface area contributed by atoms with E-state index in [1.807, 2.05) is 25.0 Å². The van der Waals surface area contributed by atoms with Crippen LogP contribution in [0, 0.1) is 13.8 Å². The van der Waals surface area contributed by atoms with Gasteiger partial charge in [-0.15, -0.1) is 5.10 Å². The van der Waals surface area contributed by atoms with Crippen LogP contribution in [-0.4, -0.2) is 37.4 Å². The number of aryl methyl sites for hydroxylation is 3. The summed E-state index contributed by atoms with van der Waals surface area (Å²) in [5, 5.41) is 16.2. The number of nitrogens with zero attached hydrogens (tertiary/aromatic N) is 5. The van der Waals surface area contributed by atoms with Gasteiger partial charge in [0.05, 0.1) is 11.4 Å². The van der Waals surface area contributed by atoms with Crippen molar-refractivity contribution in [2.45, 2.75) is 39.7 Å². The van der Waals surface area contributed by atoms with Crippen molar-refractivity contribution in [1.82, 2.24) is 30.1 Å². The number of nitrogens with one attached hydrogen (secondary N) is 1. The van der Waals surface area contributed by atoms with Gasteiger partial charge in [0.15, 0.2) is 0 Å². The Morgan fingerprint density at radius 2 is 2.00 bits per heavy atom. The van der Waals surface area contributed by atoms with Crippen molar-refractivity contribution < 1.29 is 0 Å². The molecule has 0 amide bonds. The summed E-state index contributed by atoms with van der Waals surface area (Å²) < 4.78 is 3.70. The molecule has 0 spiro atoms. The second-order valence-electron chi connectivity index (χ2n) is 5.32. The first-order valence-electron chi connectivity index (χ1n) is 7.09. The van der Waals surface area contributed by atoms with Gasteiger partial charge in [-0.05, 0) is 32.4 Å². The highest BCUT2D eigenvalue weighted by atomic mass is 15.4. The normalized spacial score (nSPS) is 12.8. The first-order valence-corrected chi connectivity index (χ1v) is 7.09. The van der Waals surface area contributed by atoms with Crippen molar-refractivity contribution >= 4 is 0 Å². The molecule has 20 heavy (non-hydrogen) atoms. The molecule has 0 aliphatic carbocycles. The summed E-state index contributed by atoms with van der Waals surface area (Å²) >= 11 is 0. The van der Waals surface area contributed by atoms with Crippen LogP contribution in [0.3, 0.4) is 0 Å². The Morgan fingerprint density at radius 3 is 2.50 bits per heavy atom. The minimum Gasteiger partial charge on any atom is -0.314 e. The number of hydrogen-bond acceptors (Lipinski definition) is 4. The molecule has 1 atom stereocenters. The van der Waals surface area contributed by atoms with E-state index >= 15 is 0 Å². The van der Waals surface area contributed by atoms with Gasteiger partial charge in [-0.3, -0.25) is 9.36 Å². The second-order valence-corrected chi connectivity index (χ2v) is 5.32. The molecule has 0 saturated carbocycles. The van der Waals surface area contributed by atoms with E-state index in [4.69, 9.17) is 0 Å². The van der Waals surface area contributed by atoms with Crippen LogP contribution in [0.25, 0.3) is 0 Å². The summed E-state index contributed by atoms with van der Waals surface area (Å²) in [6, 6.07) is 0.360. The monoisotopic (exact) mass is 276 g/mol. The predicted octanol–water partition coefficient (Wildman–Crippen LogP) is 0.929. The molecule has 2 heterocycles. The molecule has 0 aliphatic heterocycles. The Hall–Kier alpha value is -1.69. The molecule has 0 aromatic carbocycles. The molecule has 1 unspecified atom stereocenters. The quantitative estimate of drug-likeness (QED) is 0.852. The van der Waals surface area contributed by atoms with E-state index in [1.54, 1.807) is 4.68 Å². The molecule has 0 fully saturated rings. The second kappa shape index (κ2) is 6.17. The minimum atomic E-state index is 0.360. The molecule has 0 radical (unpaired) electrons. The summed E-state index contributed by atoms with van der Waals surface area (Å²) in [5.41, 5.74) is 4.72. The molecule has 0 saturated heterocycles. The fourth-order valence-corrected chi connectivity index (χ4v) is 2.61. The van der Waals surface area contributed by atoms with E-state index in [1.165, 1.54) is 11.3 Å². The molecule has 2 aromatic rings. The first kappa shape index (κ1) is 14.7. The molecule has 0 aliphatic rings. The van der Waals surface area contributed by atoms with Crippen LogP contribution in [0.15, 0.2) is 6.20 Å². The maximum absolute atomic E-state index is 4.49. The summed E-state index contributed by atoms with van der Waals surface area (Å²) in [6.45, 7) is 7.28. The molecule has 0 bridgehead atoms. The summed E-state index contributed by atoms with van der Waals surface area (Å²) in [4.78, 5) is 0. The van der Waals surface area contributed by atoms with Crippen LogP contribution in [0.5, 0.6) is 0 Å². The standard InChI is InChI=1S/C14H24N6/c1-6-15-12(7-13-9-19(4)18-16-13)8-14-10(2)17-20(5)11(14)3/h9,12,15H,6-8H2,1-5H3. The van der Waals surface area contributed by atoms with Gasteiger partial charge >= 0.3 is 0 Å². The highest BCUT2D eigenvalue weighted by Crippen LogP contribution is 2.15. The zero-order chi connectivity index (χ0) is 14.7. The van der Waals surface area contributed by atoms with Gasteiger partial charge < -0.3 is 5.32 Å². The Kier molecular flexibility index (Phi) is 4.54. The highest BCUT2D eigenvalue weighted by Gasteiger charge is 2.17. The zero-order valence-electron chi connectivity index (χ0n) is 13.0. The van der Waals surface area contributed by atoms with Crippen LogP contribution >= 0.6 is 0 Å². The van der Waals surface area contributed by atoms with Gasteiger partial charge in [0, 0.05) is 38.4 Å².